The van der Waals surface area contributed by atoms with Crippen molar-refractivity contribution in [1.82, 2.24) is 5.32 Å². The Balaban J connectivity index is 1.95. The van der Waals surface area contributed by atoms with Gasteiger partial charge >= 0.3 is 0 Å². The molecule has 84 valence electrons. The molecule has 2 rings (SSSR count). The van der Waals surface area contributed by atoms with Gasteiger partial charge in [-0.3, -0.25) is 4.79 Å². The van der Waals surface area contributed by atoms with Crippen molar-refractivity contribution in [2.75, 3.05) is 6.54 Å². The summed E-state index contributed by atoms with van der Waals surface area (Å²) >= 11 is 3.42. The zero-order valence-corrected chi connectivity index (χ0v) is 10.2. The average Bonchev–Trinajstić information content (AvgIpc) is 2.85. The van der Waals surface area contributed by atoms with Crippen molar-refractivity contribution in [1.29, 1.82) is 0 Å². The molecule has 2 aromatic heterocycles. The van der Waals surface area contributed by atoms with Crippen molar-refractivity contribution in [2.24, 2.45) is 5.73 Å². The first-order valence-corrected chi connectivity index (χ1v) is 6.62. The zero-order chi connectivity index (χ0) is 11.4. The fraction of sp³-hybridized carbons (Fsp3) is 0.182. The van der Waals surface area contributed by atoms with Crippen LogP contribution in [0, 0.1) is 0 Å². The Morgan fingerprint density at radius 3 is 3.00 bits per heavy atom. The molecule has 0 bridgehead atoms. The van der Waals surface area contributed by atoms with Gasteiger partial charge in [-0.05, 0) is 22.9 Å². The number of carbonyl (C=O) groups excluding carboxylic acids is 1. The van der Waals surface area contributed by atoms with Crippen LogP contribution in [0.15, 0.2) is 29.0 Å². The van der Waals surface area contributed by atoms with E-state index < -0.39 is 0 Å². The second kappa shape index (κ2) is 5.25. The van der Waals surface area contributed by atoms with Crippen LogP contribution in [0.4, 0.5) is 0 Å². The van der Waals surface area contributed by atoms with E-state index in [9.17, 15) is 4.79 Å². The normalized spacial score (nSPS) is 10.5. The molecule has 0 aliphatic rings. The van der Waals surface area contributed by atoms with Crippen LogP contribution in [0.1, 0.15) is 4.88 Å². The highest BCUT2D eigenvalue weighted by atomic mass is 32.1. The van der Waals surface area contributed by atoms with Crippen molar-refractivity contribution in [3.8, 4) is 10.4 Å². The van der Waals surface area contributed by atoms with E-state index in [4.69, 9.17) is 5.73 Å². The Hall–Kier alpha value is -1.17. The Labute approximate surface area is 102 Å². The zero-order valence-electron chi connectivity index (χ0n) is 8.60. The number of carbonyl (C=O) groups is 1. The average molecular weight is 252 g/mol. The van der Waals surface area contributed by atoms with Crippen LogP contribution in [-0.4, -0.2) is 12.5 Å². The summed E-state index contributed by atoms with van der Waals surface area (Å²) in [6, 6.07) is 6.29. The second-order valence-corrected chi connectivity index (χ2v) is 5.29. The van der Waals surface area contributed by atoms with E-state index >= 15 is 0 Å². The van der Waals surface area contributed by atoms with E-state index in [1.165, 1.54) is 15.3 Å². The summed E-state index contributed by atoms with van der Waals surface area (Å²) in [6.45, 7) is 0.922. The highest BCUT2D eigenvalue weighted by Gasteiger charge is 2.03. The van der Waals surface area contributed by atoms with Gasteiger partial charge in [-0.15, -0.1) is 22.7 Å². The van der Waals surface area contributed by atoms with Gasteiger partial charge in [0.2, 0.25) is 5.91 Å². The fourth-order valence-electron chi connectivity index (χ4n) is 1.35. The number of nitrogens with one attached hydrogen (secondary N) is 1. The van der Waals surface area contributed by atoms with Crippen molar-refractivity contribution in [2.45, 2.75) is 6.54 Å². The predicted octanol–water partition coefficient (Wildman–Crippen LogP) is 2.05. The van der Waals surface area contributed by atoms with E-state index in [0.717, 1.165) is 0 Å². The molecule has 0 spiro atoms. The number of nitrogens with two attached hydrogens (primary N) is 1. The molecule has 0 radical (unpaired) electrons. The third-order valence-electron chi connectivity index (χ3n) is 2.06. The quantitative estimate of drug-likeness (QED) is 0.855. The molecule has 3 nitrogen and oxygen atoms in total. The van der Waals surface area contributed by atoms with E-state index in [0.29, 0.717) is 6.54 Å². The van der Waals surface area contributed by atoms with Crippen molar-refractivity contribution in [3.05, 3.63) is 33.8 Å². The van der Waals surface area contributed by atoms with Crippen LogP contribution >= 0.6 is 22.7 Å². The molecule has 1 amide bonds. The molecule has 2 aromatic rings. The van der Waals surface area contributed by atoms with E-state index in [1.807, 2.05) is 6.07 Å². The maximum absolute atomic E-state index is 10.5. The van der Waals surface area contributed by atoms with Gasteiger partial charge < -0.3 is 11.1 Å². The summed E-state index contributed by atoms with van der Waals surface area (Å²) in [4.78, 5) is 13.0. The van der Waals surface area contributed by atoms with Crippen LogP contribution < -0.4 is 11.1 Å². The monoisotopic (exact) mass is 252 g/mol. The van der Waals surface area contributed by atoms with E-state index in [2.05, 4.69) is 28.2 Å². The van der Waals surface area contributed by atoms with Gasteiger partial charge in [-0.25, -0.2) is 0 Å². The van der Waals surface area contributed by atoms with Crippen LogP contribution in [0.5, 0.6) is 0 Å². The first-order valence-electron chi connectivity index (χ1n) is 4.86. The topological polar surface area (TPSA) is 55.1 Å². The van der Waals surface area contributed by atoms with Crippen molar-refractivity contribution >= 4 is 28.6 Å². The summed E-state index contributed by atoms with van der Waals surface area (Å²) in [5.74, 6) is -0.324. The molecule has 0 aromatic carbocycles. The fourth-order valence-corrected chi connectivity index (χ4v) is 3.00. The van der Waals surface area contributed by atoms with Crippen molar-refractivity contribution in [3.63, 3.8) is 0 Å². The maximum Gasteiger partial charge on any atom is 0.231 e. The van der Waals surface area contributed by atoms with Gasteiger partial charge in [-0.2, -0.15) is 0 Å². The van der Waals surface area contributed by atoms with Gasteiger partial charge in [0, 0.05) is 21.9 Å². The minimum absolute atomic E-state index is 0.228. The summed E-state index contributed by atoms with van der Waals surface area (Å²) in [7, 11) is 0. The molecule has 0 aliphatic carbocycles. The molecule has 0 saturated carbocycles. The summed E-state index contributed by atoms with van der Waals surface area (Å²) < 4.78 is 0. The van der Waals surface area contributed by atoms with Crippen LogP contribution in [-0.2, 0) is 11.3 Å². The Bertz CT molecular complexity index is 462. The lowest BCUT2D eigenvalue weighted by Gasteiger charge is -1.97. The second-order valence-electron chi connectivity index (χ2n) is 3.35. The first kappa shape index (κ1) is 11.3. The molecular weight excluding hydrogens is 240 g/mol. The number of hydrogen-bond donors (Lipinski definition) is 2. The number of amides is 1. The molecular formula is C11H12N2OS2. The molecule has 0 aliphatic heterocycles. The number of hydrogen-bond acceptors (Lipinski definition) is 4. The van der Waals surface area contributed by atoms with Gasteiger partial charge in [0.05, 0.1) is 6.54 Å². The Kier molecular flexibility index (Phi) is 3.71. The lowest BCUT2D eigenvalue weighted by atomic mass is 10.2. The lowest BCUT2D eigenvalue weighted by molar-refractivity contribution is -0.117. The third-order valence-corrected chi connectivity index (χ3v) is 3.91. The van der Waals surface area contributed by atoms with E-state index in [1.54, 1.807) is 22.7 Å². The largest absolute Gasteiger partial charge is 0.369 e. The molecule has 0 unspecified atom stereocenters. The highest BCUT2D eigenvalue weighted by Crippen LogP contribution is 2.28. The maximum atomic E-state index is 10.5. The van der Waals surface area contributed by atoms with Gasteiger partial charge in [0.15, 0.2) is 0 Å². The molecule has 0 saturated heterocycles. The van der Waals surface area contributed by atoms with Crippen LogP contribution in [0.25, 0.3) is 10.4 Å². The Morgan fingerprint density at radius 1 is 1.44 bits per heavy atom. The minimum Gasteiger partial charge on any atom is -0.369 e. The number of thiophene rings is 2. The van der Waals surface area contributed by atoms with E-state index in [-0.39, 0.29) is 12.5 Å². The number of primary amides is 1. The molecule has 0 atom stereocenters. The van der Waals surface area contributed by atoms with Gasteiger partial charge in [0.25, 0.3) is 0 Å². The molecule has 5 heteroatoms. The van der Waals surface area contributed by atoms with Crippen LogP contribution in [0.2, 0.25) is 0 Å². The van der Waals surface area contributed by atoms with Gasteiger partial charge in [-0.1, -0.05) is 6.07 Å². The smallest absolute Gasteiger partial charge is 0.231 e. The minimum atomic E-state index is -0.324. The Morgan fingerprint density at radius 2 is 2.31 bits per heavy atom. The standard InChI is InChI=1S/C11H12N2OS2/c12-11(14)6-13-5-9-4-8(7-16-9)10-2-1-3-15-10/h1-4,7,13H,5-6H2,(H2,12,14). The van der Waals surface area contributed by atoms with Crippen LogP contribution in [0.3, 0.4) is 0 Å². The SMILES string of the molecule is NC(=O)CNCc1cc(-c2cccs2)cs1. The molecule has 16 heavy (non-hydrogen) atoms. The lowest BCUT2D eigenvalue weighted by Crippen LogP contribution is -2.27. The first-order chi connectivity index (χ1) is 7.75. The van der Waals surface area contributed by atoms with Crippen molar-refractivity contribution < 1.29 is 4.79 Å². The number of rotatable bonds is 5. The summed E-state index contributed by atoms with van der Waals surface area (Å²) in [5, 5.41) is 7.20. The highest BCUT2D eigenvalue weighted by molar-refractivity contribution is 7.14. The molecule has 2 heterocycles. The summed E-state index contributed by atoms with van der Waals surface area (Å²) in [5.41, 5.74) is 6.29. The molecule has 0 fully saturated rings. The summed E-state index contributed by atoms with van der Waals surface area (Å²) in [6.07, 6.45) is 0. The van der Waals surface area contributed by atoms with Gasteiger partial charge in [0.1, 0.15) is 0 Å². The third kappa shape index (κ3) is 2.91. The molecule has 3 N–H and O–H groups in total. The predicted molar refractivity (Wildman–Crippen MR) is 68.5 cm³/mol.